The van der Waals surface area contributed by atoms with Gasteiger partial charge in [-0.15, -0.1) is 11.3 Å². The molecule has 31 heavy (non-hydrogen) atoms. The predicted molar refractivity (Wildman–Crippen MR) is 119 cm³/mol. The summed E-state index contributed by atoms with van der Waals surface area (Å²) < 4.78 is 16.0. The largest absolute Gasteiger partial charge is 0.493 e. The Balaban J connectivity index is 2.01. The van der Waals surface area contributed by atoms with Crippen LogP contribution in [0.5, 0.6) is 17.2 Å². The molecule has 0 N–H and O–H groups in total. The van der Waals surface area contributed by atoms with Crippen LogP contribution in [0.3, 0.4) is 0 Å². The maximum atomic E-state index is 11.2. The van der Waals surface area contributed by atoms with Crippen LogP contribution in [0.1, 0.15) is 16.1 Å². The van der Waals surface area contributed by atoms with Gasteiger partial charge in [0.1, 0.15) is 11.1 Å². The summed E-state index contributed by atoms with van der Waals surface area (Å²) >= 11 is 1.28. The third-order valence-corrected chi connectivity index (χ3v) is 5.43. The van der Waals surface area contributed by atoms with Gasteiger partial charge in [0.05, 0.1) is 37.5 Å². The van der Waals surface area contributed by atoms with E-state index in [1.807, 2.05) is 0 Å². The summed E-state index contributed by atoms with van der Waals surface area (Å²) in [6.07, 6.45) is 1.67. The Bertz CT molecular complexity index is 1190. The first kappa shape index (κ1) is 21.8. The van der Waals surface area contributed by atoms with Crippen molar-refractivity contribution in [2.75, 3.05) is 21.3 Å². The molecule has 0 aliphatic rings. The maximum absolute atomic E-state index is 11.2. The Kier molecular flexibility index (Phi) is 6.52. The van der Waals surface area contributed by atoms with Crippen molar-refractivity contribution in [2.45, 2.75) is 6.92 Å². The van der Waals surface area contributed by atoms with Gasteiger partial charge in [0.25, 0.3) is 5.69 Å². The molecule has 0 unspecified atom stereocenters. The lowest BCUT2D eigenvalue weighted by Gasteiger charge is -2.13. The molecule has 0 amide bonds. The molecule has 9 heteroatoms. The van der Waals surface area contributed by atoms with Gasteiger partial charge < -0.3 is 14.2 Å². The van der Waals surface area contributed by atoms with Crippen LogP contribution < -0.4 is 14.2 Å². The fourth-order valence-corrected chi connectivity index (χ4v) is 3.78. The Hall–Kier alpha value is -3.90. The second-order valence-corrected chi connectivity index (χ2v) is 7.28. The molecule has 0 radical (unpaired) electrons. The third-order valence-electron chi connectivity index (χ3n) is 4.55. The van der Waals surface area contributed by atoms with Crippen molar-refractivity contribution in [1.82, 2.24) is 4.98 Å². The molecule has 0 aliphatic heterocycles. The van der Waals surface area contributed by atoms with Crippen LogP contribution in [0.25, 0.3) is 22.9 Å². The molecule has 0 saturated carbocycles. The zero-order chi connectivity index (χ0) is 22.5. The van der Waals surface area contributed by atoms with E-state index in [1.54, 1.807) is 42.6 Å². The highest BCUT2D eigenvalue weighted by Crippen LogP contribution is 2.39. The predicted octanol–water partition coefficient (Wildman–Crippen LogP) is 5.12. The molecule has 0 saturated heterocycles. The monoisotopic (exact) mass is 437 g/mol. The van der Waals surface area contributed by atoms with Crippen molar-refractivity contribution in [1.29, 1.82) is 5.26 Å². The number of aryl methyl sites for hydroxylation is 1. The number of methoxy groups -OCH3 is 3. The maximum Gasteiger partial charge on any atom is 0.272 e. The number of hydrogen-bond donors (Lipinski definition) is 0. The lowest BCUT2D eigenvalue weighted by molar-refractivity contribution is -0.385. The van der Waals surface area contributed by atoms with Crippen molar-refractivity contribution < 1.29 is 19.1 Å². The summed E-state index contributed by atoms with van der Waals surface area (Å²) in [6, 6.07) is 10.6. The molecule has 2 aromatic carbocycles. The van der Waals surface area contributed by atoms with Crippen LogP contribution in [-0.4, -0.2) is 31.2 Å². The summed E-state index contributed by atoms with van der Waals surface area (Å²) in [5.74, 6) is 1.40. The highest BCUT2D eigenvalue weighted by molar-refractivity contribution is 7.11. The van der Waals surface area contributed by atoms with E-state index in [2.05, 4.69) is 11.1 Å². The topological polar surface area (TPSA) is 108 Å². The lowest BCUT2D eigenvalue weighted by atomic mass is 10.1. The summed E-state index contributed by atoms with van der Waals surface area (Å²) in [4.78, 5) is 15.3. The average Bonchev–Trinajstić information content (AvgIpc) is 3.26. The molecule has 1 aromatic heterocycles. The Morgan fingerprint density at radius 1 is 1.16 bits per heavy atom. The van der Waals surface area contributed by atoms with E-state index in [4.69, 9.17) is 14.2 Å². The summed E-state index contributed by atoms with van der Waals surface area (Å²) in [6.45, 7) is 1.68. The number of ether oxygens (including phenoxy) is 3. The minimum absolute atomic E-state index is 0.0283. The van der Waals surface area contributed by atoms with Gasteiger partial charge in [-0.05, 0) is 30.7 Å². The van der Waals surface area contributed by atoms with Crippen molar-refractivity contribution in [3.8, 4) is 34.6 Å². The number of nitriles is 1. The Morgan fingerprint density at radius 3 is 2.39 bits per heavy atom. The molecule has 0 atom stereocenters. The van der Waals surface area contributed by atoms with Gasteiger partial charge in [0, 0.05) is 22.6 Å². The van der Waals surface area contributed by atoms with Crippen molar-refractivity contribution in [3.63, 3.8) is 0 Å². The SMILES string of the molecule is COc1cc(C=C(C#N)c2nc(-c3ccc(C)c([N+](=O)[O-])c3)cs2)cc(OC)c1OC. The summed E-state index contributed by atoms with van der Waals surface area (Å²) in [5.41, 5.74) is 2.80. The second-order valence-electron chi connectivity index (χ2n) is 6.42. The van der Waals surface area contributed by atoms with Gasteiger partial charge in [-0.3, -0.25) is 10.1 Å². The van der Waals surface area contributed by atoms with Crippen molar-refractivity contribution in [3.05, 3.63) is 62.0 Å². The number of thiazole rings is 1. The minimum atomic E-state index is -0.419. The number of rotatable bonds is 7. The zero-order valence-electron chi connectivity index (χ0n) is 17.3. The van der Waals surface area contributed by atoms with Gasteiger partial charge in [-0.1, -0.05) is 12.1 Å². The first-order valence-corrected chi connectivity index (χ1v) is 9.92. The van der Waals surface area contributed by atoms with Crippen LogP contribution in [0.4, 0.5) is 5.69 Å². The molecule has 1 heterocycles. The number of allylic oxidation sites excluding steroid dienone is 1. The van der Waals surface area contributed by atoms with Gasteiger partial charge >= 0.3 is 0 Å². The molecule has 3 rings (SSSR count). The molecule has 0 spiro atoms. The fraction of sp³-hybridized carbons (Fsp3) is 0.182. The van der Waals surface area contributed by atoms with Crippen LogP contribution in [-0.2, 0) is 0 Å². The van der Waals surface area contributed by atoms with E-state index in [1.165, 1.54) is 38.7 Å². The summed E-state index contributed by atoms with van der Waals surface area (Å²) in [7, 11) is 4.55. The number of benzene rings is 2. The summed E-state index contributed by atoms with van der Waals surface area (Å²) in [5, 5.41) is 23.2. The van der Waals surface area contributed by atoms with E-state index < -0.39 is 4.92 Å². The standard InChI is InChI=1S/C22H19N3O5S/c1-13-5-6-15(10-18(13)25(26)27)17-12-31-22(24-17)16(11-23)7-14-8-19(28-2)21(30-4)20(9-14)29-3/h5-10,12H,1-4H3. The van der Waals surface area contributed by atoms with Crippen molar-refractivity contribution >= 4 is 28.7 Å². The van der Waals surface area contributed by atoms with E-state index in [0.717, 1.165) is 0 Å². The number of nitrogens with zero attached hydrogens (tertiary/aromatic N) is 3. The minimum Gasteiger partial charge on any atom is -0.493 e. The third kappa shape index (κ3) is 4.49. The van der Waals surface area contributed by atoms with E-state index in [-0.39, 0.29) is 5.69 Å². The smallest absolute Gasteiger partial charge is 0.272 e. The Labute approximate surface area is 183 Å². The molecular formula is C22H19N3O5S. The fourth-order valence-electron chi connectivity index (χ4n) is 2.99. The number of nitro groups is 1. The highest BCUT2D eigenvalue weighted by atomic mass is 32.1. The second kappa shape index (κ2) is 9.28. The molecular weight excluding hydrogens is 418 g/mol. The lowest BCUT2D eigenvalue weighted by Crippen LogP contribution is -1.95. The zero-order valence-corrected chi connectivity index (χ0v) is 18.1. The normalized spacial score (nSPS) is 11.0. The average molecular weight is 437 g/mol. The quantitative estimate of drug-likeness (QED) is 0.287. The molecule has 0 bridgehead atoms. The molecule has 158 valence electrons. The van der Waals surface area contributed by atoms with Gasteiger partial charge in [0.2, 0.25) is 5.75 Å². The van der Waals surface area contributed by atoms with Gasteiger partial charge in [-0.2, -0.15) is 5.26 Å². The number of aromatic nitrogens is 1. The first-order chi connectivity index (χ1) is 14.9. The molecule has 0 fully saturated rings. The van der Waals surface area contributed by atoms with Gasteiger partial charge in [0.15, 0.2) is 11.5 Å². The van der Waals surface area contributed by atoms with Crippen LogP contribution in [0.2, 0.25) is 0 Å². The van der Waals surface area contributed by atoms with Crippen LogP contribution >= 0.6 is 11.3 Å². The first-order valence-electron chi connectivity index (χ1n) is 9.05. The molecule has 3 aromatic rings. The highest BCUT2D eigenvalue weighted by Gasteiger charge is 2.16. The number of hydrogen-bond acceptors (Lipinski definition) is 8. The van der Waals surface area contributed by atoms with E-state index in [0.29, 0.717) is 50.2 Å². The number of nitro benzene ring substituents is 1. The van der Waals surface area contributed by atoms with E-state index >= 15 is 0 Å². The van der Waals surface area contributed by atoms with Gasteiger partial charge in [-0.25, -0.2) is 4.98 Å². The van der Waals surface area contributed by atoms with Crippen molar-refractivity contribution in [2.24, 2.45) is 0 Å². The van der Waals surface area contributed by atoms with Crippen LogP contribution in [0, 0.1) is 28.4 Å². The van der Waals surface area contributed by atoms with E-state index in [9.17, 15) is 15.4 Å². The Morgan fingerprint density at radius 2 is 1.84 bits per heavy atom. The molecule has 0 aliphatic carbocycles. The van der Waals surface area contributed by atoms with Crippen LogP contribution in [0.15, 0.2) is 35.7 Å². The molecule has 8 nitrogen and oxygen atoms in total.